The molecule has 2 heterocycles. The average Bonchev–Trinajstić information content (AvgIpc) is 3.08. The van der Waals surface area contributed by atoms with Crippen LogP contribution in [0.3, 0.4) is 0 Å². The summed E-state index contributed by atoms with van der Waals surface area (Å²) in [5, 5.41) is 0. The van der Waals surface area contributed by atoms with Crippen molar-refractivity contribution in [1.29, 1.82) is 0 Å². The van der Waals surface area contributed by atoms with Gasteiger partial charge in [0.25, 0.3) is 11.8 Å². The molecule has 2 aliphatic heterocycles. The average molecular weight is 450 g/mol. The Morgan fingerprint density at radius 1 is 0.848 bits per heavy atom. The van der Waals surface area contributed by atoms with Crippen molar-refractivity contribution in [3.63, 3.8) is 0 Å². The summed E-state index contributed by atoms with van der Waals surface area (Å²) in [6.07, 6.45) is 0.0609. The van der Waals surface area contributed by atoms with E-state index >= 15 is 0 Å². The van der Waals surface area contributed by atoms with Gasteiger partial charge in [-0.25, -0.2) is 0 Å². The van der Waals surface area contributed by atoms with Crippen molar-refractivity contribution in [2.45, 2.75) is 20.0 Å². The number of benzene rings is 2. The number of hydrogen-bond donors (Lipinski definition) is 0. The van der Waals surface area contributed by atoms with Crippen LogP contribution in [-0.2, 0) is 14.3 Å². The minimum Gasteiger partial charge on any atom is -0.491 e. The number of carbonyl (C=O) groups is 2. The van der Waals surface area contributed by atoms with Crippen molar-refractivity contribution >= 4 is 23.1 Å². The third-order valence-electron chi connectivity index (χ3n) is 5.89. The Balaban J connectivity index is 1.61. The third kappa shape index (κ3) is 4.88. The molecule has 0 aliphatic carbocycles. The molecule has 33 heavy (non-hydrogen) atoms. The lowest BCUT2D eigenvalue weighted by Gasteiger charge is -2.37. The number of anilines is 1. The Morgan fingerprint density at radius 2 is 1.48 bits per heavy atom. The van der Waals surface area contributed by atoms with Gasteiger partial charge in [0.1, 0.15) is 11.4 Å². The van der Waals surface area contributed by atoms with E-state index in [1.807, 2.05) is 56.3 Å². The van der Waals surface area contributed by atoms with E-state index in [9.17, 15) is 9.59 Å². The molecule has 1 saturated heterocycles. The third-order valence-corrected chi connectivity index (χ3v) is 5.89. The van der Waals surface area contributed by atoms with Gasteiger partial charge in [0, 0.05) is 39.0 Å². The summed E-state index contributed by atoms with van der Waals surface area (Å²) >= 11 is 0. The molecule has 2 aromatic carbocycles. The van der Waals surface area contributed by atoms with Crippen molar-refractivity contribution < 1.29 is 19.1 Å². The standard InChI is InChI=1S/C26H31N3O4/c1-19(2)33-22-11-9-20(10-12-22)23-24(26(31)29(25(23)30)17-18-32-3)28-15-13-27(14-16-28)21-7-5-4-6-8-21/h4-12,19H,13-18H2,1-3H3. The molecule has 2 aliphatic rings. The zero-order valence-corrected chi connectivity index (χ0v) is 19.5. The minimum atomic E-state index is -0.268. The van der Waals surface area contributed by atoms with Crippen molar-refractivity contribution in [2.24, 2.45) is 0 Å². The first-order valence-corrected chi connectivity index (χ1v) is 11.4. The number of amides is 2. The summed E-state index contributed by atoms with van der Waals surface area (Å²) in [7, 11) is 1.57. The Morgan fingerprint density at radius 3 is 2.09 bits per heavy atom. The van der Waals surface area contributed by atoms with Crippen LogP contribution in [0.1, 0.15) is 19.4 Å². The van der Waals surface area contributed by atoms with Crippen LogP contribution in [0.15, 0.2) is 60.3 Å². The second kappa shape index (κ2) is 10.1. The van der Waals surface area contributed by atoms with Crippen molar-refractivity contribution in [1.82, 2.24) is 9.80 Å². The molecule has 0 bridgehead atoms. The molecule has 7 heteroatoms. The highest BCUT2D eigenvalue weighted by Gasteiger charge is 2.42. The Labute approximate surface area is 195 Å². The lowest BCUT2D eigenvalue weighted by Crippen LogP contribution is -2.47. The number of imide groups is 1. The first kappa shape index (κ1) is 22.9. The topological polar surface area (TPSA) is 62.3 Å². The molecule has 1 fully saturated rings. The molecular formula is C26H31N3O4. The van der Waals surface area contributed by atoms with E-state index in [1.165, 1.54) is 10.6 Å². The summed E-state index contributed by atoms with van der Waals surface area (Å²) in [6, 6.07) is 17.7. The highest BCUT2D eigenvalue weighted by atomic mass is 16.5. The monoisotopic (exact) mass is 449 g/mol. The van der Waals surface area contributed by atoms with Crippen LogP contribution in [0.2, 0.25) is 0 Å². The summed E-state index contributed by atoms with van der Waals surface area (Å²) in [5.41, 5.74) is 2.84. The van der Waals surface area contributed by atoms with Crippen molar-refractivity contribution in [2.75, 3.05) is 51.3 Å². The number of rotatable bonds is 8. The van der Waals surface area contributed by atoms with E-state index in [1.54, 1.807) is 7.11 Å². The lowest BCUT2D eigenvalue weighted by molar-refractivity contribution is -0.138. The molecule has 2 amide bonds. The second-order valence-corrected chi connectivity index (χ2v) is 8.48. The van der Waals surface area contributed by atoms with E-state index in [4.69, 9.17) is 9.47 Å². The van der Waals surface area contributed by atoms with Crippen molar-refractivity contribution in [3.8, 4) is 5.75 Å². The predicted molar refractivity (Wildman–Crippen MR) is 128 cm³/mol. The zero-order chi connectivity index (χ0) is 23.4. The highest BCUT2D eigenvalue weighted by molar-refractivity contribution is 6.35. The maximum absolute atomic E-state index is 13.4. The molecular weight excluding hydrogens is 418 g/mol. The molecule has 0 N–H and O–H groups in total. The van der Waals surface area contributed by atoms with E-state index in [0.717, 1.165) is 24.4 Å². The molecule has 0 radical (unpaired) electrons. The number of hydrogen-bond acceptors (Lipinski definition) is 6. The fourth-order valence-corrected chi connectivity index (χ4v) is 4.30. The second-order valence-electron chi connectivity index (χ2n) is 8.48. The Hall–Kier alpha value is -3.32. The molecule has 4 rings (SSSR count). The van der Waals surface area contributed by atoms with Gasteiger partial charge in [-0.3, -0.25) is 14.5 Å². The van der Waals surface area contributed by atoms with Crippen LogP contribution in [-0.4, -0.2) is 74.2 Å². The van der Waals surface area contributed by atoms with Gasteiger partial charge in [-0.15, -0.1) is 0 Å². The Kier molecular flexibility index (Phi) is 6.99. The first-order valence-electron chi connectivity index (χ1n) is 11.4. The molecule has 0 aromatic heterocycles. The Bertz CT molecular complexity index is 1010. The van der Waals surface area contributed by atoms with Gasteiger partial charge in [-0.1, -0.05) is 30.3 Å². The minimum absolute atomic E-state index is 0.0609. The van der Waals surface area contributed by atoms with E-state index in [-0.39, 0.29) is 24.5 Å². The van der Waals surface area contributed by atoms with Gasteiger partial charge in [0.05, 0.1) is 24.8 Å². The largest absolute Gasteiger partial charge is 0.491 e. The molecule has 0 saturated carbocycles. The van der Waals surface area contributed by atoms with Gasteiger partial charge < -0.3 is 19.3 Å². The molecule has 2 aromatic rings. The maximum Gasteiger partial charge on any atom is 0.277 e. The van der Waals surface area contributed by atoms with Gasteiger partial charge >= 0.3 is 0 Å². The van der Waals surface area contributed by atoms with E-state index < -0.39 is 0 Å². The first-order chi connectivity index (χ1) is 16.0. The number of carbonyl (C=O) groups excluding carboxylic acids is 2. The van der Waals surface area contributed by atoms with Gasteiger partial charge in [0.2, 0.25) is 0 Å². The summed E-state index contributed by atoms with van der Waals surface area (Å²) < 4.78 is 10.9. The number of para-hydroxylation sites is 1. The maximum atomic E-state index is 13.4. The fourth-order valence-electron chi connectivity index (χ4n) is 4.30. The van der Waals surface area contributed by atoms with Crippen LogP contribution in [0.25, 0.3) is 5.57 Å². The van der Waals surface area contributed by atoms with Crippen molar-refractivity contribution in [3.05, 3.63) is 65.9 Å². The van der Waals surface area contributed by atoms with Crippen LogP contribution in [0.5, 0.6) is 5.75 Å². The lowest BCUT2D eigenvalue weighted by atomic mass is 10.0. The number of methoxy groups -OCH3 is 1. The SMILES string of the molecule is COCCN1C(=O)C(c2ccc(OC(C)C)cc2)=C(N2CCN(c3ccccc3)CC2)C1=O. The summed E-state index contributed by atoms with van der Waals surface area (Å²) in [4.78, 5) is 32.4. The van der Waals surface area contributed by atoms with Gasteiger partial charge in [-0.05, 0) is 43.7 Å². The number of ether oxygens (including phenoxy) is 2. The highest BCUT2D eigenvalue weighted by Crippen LogP contribution is 2.33. The molecule has 0 atom stereocenters. The molecule has 7 nitrogen and oxygen atoms in total. The van der Waals surface area contributed by atoms with Crippen LogP contribution in [0.4, 0.5) is 5.69 Å². The van der Waals surface area contributed by atoms with Gasteiger partial charge in [-0.2, -0.15) is 0 Å². The van der Waals surface area contributed by atoms with E-state index in [2.05, 4.69) is 21.9 Å². The predicted octanol–water partition coefficient (Wildman–Crippen LogP) is 3.02. The van der Waals surface area contributed by atoms with Crippen LogP contribution < -0.4 is 9.64 Å². The van der Waals surface area contributed by atoms with E-state index in [0.29, 0.717) is 31.0 Å². The zero-order valence-electron chi connectivity index (χ0n) is 19.5. The smallest absolute Gasteiger partial charge is 0.277 e. The summed E-state index contributed by atoms with van der Waals surface area (Å²) in [6.45, 7) is 7.37. The van der Waals surface area contributed by atoms with Crippen LogP contribution in [0, 0.1) is 0 Å². The normalized spacial score (nSPS) is 16.9. The number of nitrogens with zero attached hydrogens (tertiary/aromatic N) is 3. The molecule has 174 valence electrons. The fraction of sp³-hybridized carbons (Fsp3) is 0.385. The summed E-state index contributed by atoms with van der Waals surface area (Å²) in [5.74, 6) is 0.221. The number of piperazine rings is 1. The molecule has 0 unspecified atom stereocenters. The molecule has 0 spiro atoms. The van der Waals surface area contributed by atoms with Crippen LogP contribution >= 0.6 is 0 Å². The quantitative estimate of drug-likeness (QED) is 0.578. The van der Waals surface area contributed by atoms with Gasteiger partial charge in [0.15, 0.2) is 0 Å².